The van der Waals surface area contributed by atoms with Gasteiger partial charge in [-0.25, -0.2) is 4.98 Å². The van der Waals surface area contributed by atoms with Gasteiger partial charge in [0.2, 0.25) is 5.95 Å². The number of benzene rings is 2. The van der Waals surface area contributed by atoms with E-state index < -0.39 is 11.7 Å². The minimum atomic E-state index is -4.34. The third-order valence-corrected chi connectivity index (χ3v) is 6.13. The molecule has 3 aromatic rings. The highest BCUT2D eigenvalue weighted by atomic mass is 79.9. The number of fused-ring (bicyclic) bond motifs is 1. The lowest BCUT2D eigenvalue weighted by Gasteiger charge is -2.33. The van der Waals surface area contributed by atoms with Gasteiger partial charge in [0.15, 0.2) is 0 Å². The van der Waals surface area contributed by atoms with Crippen molar-refractivity contribution in [1.29, 1.82) is 0 Å². The van der Waals surface area contributed by atoms with Gasteiger partial charge in [0.25, 0.3) is 0 Å². The van der Waals surface area contributed by atoms with Crippen LogP contribution in [0.25, 0.3) is 11.0 Å². The lowest BCUT2D eigenvalue weighted by atomic mass is 9.80. The molecule has 1 aromatic heterocycles. The van der Waals surface area contributed by atoms with Crippen LogP contribution in [-0.4, -0.2) is 9.55 Å². The van der Waals surface area contributed by atoms with E-state index in [0.29, 0.717) is 29.5 Å². The minimum Gasteiger partial charge on any atom is -0.326 e. The highest BCUT2D eigenvalue weighted by molar-refractivity contribution is 9.10. The first-order valence-electron chi connectivity index (χ1n) is 9.82. The molecule has 1 fully saturated rings. The number of anilines is 2. The van der Waals surface area contributed by atoms with Crippen molar-refractivity contribution in [2.45, 2.75) is 45.3 Å². The van der Waals surface area contributed by atoms with Gasteiger partial charge >= 0.3 is 6.18 Å². The van der Waals surface area contributed by atoms with Crippen LogP contribution >= 0.6 is 15.9 Å². The Hall–Kier alpha value is -2.02. The summed E-state index contributed by atoms with van der Waals surface area (Å²) in [5.74, 6) is 1.91. The molecule has 7 heteroatoms. The highest BCUT2D eigenvalue weighted by Gasteiger charge is 2.30. The summed E-state index contributed by atoms with van der Waals surface area (Å²) in [5.41, 5.74) is 1.83. The van der Waals surface area contributed by atoms with Crippen molar-refractivity contribution in [3.8, 4) is 0 Å². The third kappa shape index (κ3) is 4.29. The topological polar surface area (TPSA) is 29.9 Å². The molecule has 1 heterocycles. The van der Waals surface area contributed by atoms with E-state index in [1.54, 1.807) is 0 Å². The van der Waals surface area contributed by atoms with E-state index in [1.165, 1.54) is 18.6 Å². The van der Waals surface area contributed by atoms with E-state index in [-0.39, 0.29) is 0 Å². The summed E-state index contributed by atoms with van der Waals surface area (Å²) >= 11 is 3.50. The van der Waals surface area contributed by atoms with Gasteiger partial charge in [-0.1, -0.05) is 29.8 Å². The van der Waals surface area contributed by atoms with Crippen LogP contribution < -0.4 is 5.32 Å². The zero-order valence-electron chi connectivity index (χ0n) is 16.3. The average molecular weight is 466 g/mol. The molecule has 1 saturated carbocycles. The number of aromatic nitrogens is 2. The van der Waals surface area contributed by atoms with Crippen LogP contribution in [0.2, 0.25) is 0 Å². The molecule has 2 aromatic carbocycles. The van der Waals surface area contributed by atoms with Gasteiger partial charge in [0.05, 0.1) is 16.6 Å². The van der Waals surface area contributed by atoms with E-state index in [2.05, 4.69) is 39.7 Å². The number of nitrogens with zero attached hydrogens (tertiary/aromatic N) is 2. The molecule has 0 amide bonds. The summed E-state index contributed by atoms with van der Waals surface area (Å²) in [6.45, 7) is 4.56. The van der Waals surface area contributed by atoms with Crippen LogP contribution in [0.4, 0.5) is 24.8 Å². The van der Waals surface area contributed by atoms with Gasteiger partial charge in [-0.15, -0.1) is 0 Å². The van der Waals surface area contributed by atoms with Gasteiger partial charge in [-0.2, -0.15) is 13.2 Å². The van der Waals surface area contributed by atoms with Crippen LogP contribution in [0, 0.1) is 11.8 Å². The number of hydrogen-bond acceptors (Lipinski definition) is 2. The molecule has 1 aliphatic rings. The third-order valence-electron chi connectivity index (χ3n) is 5.64. The Morgan fingerprint density at radius 1 is 1.00 bits per heavy atom. The second-order valence-corrected chi connectivity index (χ2v) is 9.13. The molecule has 1 N–H and O–H groups in total. The molecule has 0 saturated heterocycles. The molecule has 154 valence electrons. The predicted molar refractivity (Wildman–Crippen MR) is 113 cm³/mol. The summed E-state index contributed by atoms with van der Waals surface area (Å²) in [4.78, 5) is 4.76. The maximum Gasteiger partial charge on any atom is 0.416 e. The van der Waals surface area contributed by atoms with Gasteiger partial charge in [0, 0.05) is 16.2 Å². The van der Waals surface area contributed by atoms with Crippen molar-refractivity contribution in [3.05, 3.63) is 52.5 Å². The first-order valence-corrected chi connectivity index (χ1v) is 10.6. The molecule has 2 atom stereocenters. The lowest BCUT2D eigenvalue weighted by Crippen LogP contribution is -2.23. The molecule has 29 heavy (non-hydrogen) atoms. The van der Waals surface area contributed by atoms with Crippen molar-refractivity contribution >= 4 is 38.6 Å². The van der Waals surface area contributed by atoms with Crippen molar-refractivity contribution in [3.63, 3.8) is 0 Å². The van der Waals surface area contributed by atoms with Crippen molar-refractivity contribution in [2.75, 3.05) is 5.32 Å². The Kier molecular flexibility index (Phi) is 5.36. The molecule has 1 aliphatic carbocycles. The summed E-state index contributed by atoms with van der Waals surface area (Å²) < 4.78 is 41.8. The normalized spacial score (nSPS) is 22.8. The SMILES string of the molecule is CC1CC(C)CC(n2c(Nc3ccc(C(F)(F)F)cc3)nc3cc(Br)ccc32)C1. The summed E-state index contributed by atoms with van der Waals surface area (Å²) in [6.07, 6.45) is -0.996. The summed E-state index contributed by atoms with van der Waals surface area (Å²) in [6, 6.07) is 11.4. The van der Waals surface area contributed by atoms with Gasteiger partial charge < -0.3 is 9.88 Å². The Balaban J connectivity index is 1.73. The van der Waals surface area contributed by atoms with Crippen LogP contribution in [0.1, 0.15) is 44.7 Å². The van der Waals surface area contributed by atoms with E-state index in [1.807, 2.05) is 18.2 Å². The van der Waals surface area contributed by atoms with Crippen molar-refractivity contribution < 1.29 is 13.2 Å². The Morgan fingerprint density at radius 2 is 1.66 bits per heavy atom. The van der Waals surface area contributed by atoms with Gasteiger partial charge in [0.1, 0.15) is 0 Å². The molecule has 2 unspecified atom stereocenters. The second kappa shape index (κ2) is 7.67. The maximum atomic E-state index is 12.9. The van der Waals surface area contributed by atoms with E-state index in [0.717, 1.165) is 40.5 Å². The Bertz CT molecular complexity index is 1000. The zero-order valence-corrected chi connectivity index (χ0v) is 17.9. The van der Waals surface area contributed by atoms with E-state index in [4.69, 9.17) is 4.98 Å². The van der Waals surface area contributed by atoms with Crippen LogP contribution in [0.5, 0.6) is 0 Å². The fourth-order valence-electron chi connectivity index (χ4n) is 4.52. The summed E-state index contributed by atoms with van der Waals surface area (Å²) in [5, 5.41) is 3.26. The lowest BCUT2D eigenvalue weighted by molar-refractivity contribution is -0.137. The maximum absolute atomic E-state index is 12.9. The largest absolute Gasteiger partial charge is 0.416 e. The molecule has 3 nitrogen and oxygen atoms in total. The highest BCUT2D eigenvalue weighted by Crippen LogP contribution is 2.40. The number of imidazole rings is 1. The molecular formula is C22H23BrF3N3. The minimum absolute atomic E-state index is 0.303. The monoisotopic (exact) mass is 465 g/mol. The van der Waals surface area contributed by atoms with Crippen molar-refractivity contribution in [2.24, 2.45) is 11.8 Å². The Labute approximate surface area is 176 Å². The second-order valence-electron chi connectivity index (χ2n) is 8.21. The molecule has 0 aliphatic heterocycles. The molecule has 0 spiro atoms. The quantitative estimate of drug-likeness (QED) is 0.432. The number of halogens is 4. The summed E-state index contributed by atoms with van der Waals surface area (Å²) in [7, 11) is 0. The van der Waals surface area contributed by atoms with Gasteiger partial charge in [-0.05, 0) is 73.6 Å². The number of rotatable bonds is 3. The molecule has 0 radical (unpaired) electrons. The number of hydrogen-bond donors (Lipinski definition) is 1. The molecular weight excluding hydrogens is 443 g/mol. The number of nitrogens with one attached hydrogen (secondary N) is 1. The van der Waals surface area contributed by atoms with Crippen LogP contribution in [0.15, 0.2) is 46.9 Å². The van der Waals surface area contributed by atoms with Crippen molar-refractivity contribution in [1.82, 2.24) is 9.55 Å². The fraction of sp³-hybridized carbons (Fsp3) is 0.409. The Morgan fingerprint density at radius 3 is 2.28 bits per heavy atom. The van der Waals surface area contributed by atoms with E-state index >= 15 is 0 Å². The smallest absolute Gasteiger partial charge is 0.326 e. The fourth-order valence-corrected chi connectivity index (χ4v) is 4.87. The van der Waals surface area contributed by atoms with Crippen LogP contribution in [0.3, 0.4) is 0 Å². The van der Waals surface area contributed by atoms with Crippen LogP contribution in [-0.2, 0) is 6.18 Å². The first kappa shape index (κ1) is 20.3. The average Bonchev–Trinajstić information content (AvgIpc) is 2.97. The predicted octanol–water partition coefficient (Wildman–Crippen LogP) is 7.56. The van der Waals surface area contributed by atoms with Gasteiger partial charge in [-0.3, -0.25) is 0 Å². The van der Waals surface area contributed by atoms with E-state index in [9.17, 15) is 13.2 Å². The molecule has 4 rings (SSSR count). The molecule has 0 bridgehead atoms. The zero-order chi connectivity index (χ0) is 20.8. The number of alkyl halides is 3. The standard InChI is InChI=1S/C22H23BrF3N3/c1-13-9-14(2)11-18(10-13)29-20-8-5-16(23)12-19(20)28-21(29)27-17-6-3-15(4-7-17)22(24,25)26/h3-8,12-14,18H,9-11H2,1-2H3,(H,27,28). The first-order chi connectivity index (χ1) is 13.7.